The first-order valence-corrected chi connectivity index (χ1v) is 8.48. The molecule has 1 unspecified atom stereocenters. The van der Waals surface area contributed by atoms with Crippen molar-refractivity contribution in [2.45, 2.75) is 38.3 Å². The fraction of sp³-hybridized carbons (Fsp3) is 0.917. The van der Waals surface area contributed by atoms with E-state index in [4.69, 9.17) is 10.5 Å². The first-order chi connectivity index (χ1) is 8.91. The summed E-state index contributed by atoms with van der Waals surface area (Å²) in [5.41, 5.74) is 5.85. The number of methoxy groups -OCH3 is 1. The Hall–Kier alpha value is -0.660. The van der Waals surface area contributed by atoms with E-state index in [0.29, 0.717) is 26.0 Å². The van der Waals surface area contributed by atoms with Gasteiger partial charge in [0.2, 0.25) is 5.91 Å². The minimum absolute atomic E-state index is 0.0430. The van der Waals surface area contributed by atoms with Crippen LogP contribution in [-0.2, 0) is 19.4 Å². The molecule has 19 heavy (non-hydrogen) atoms. The molecule has 0 bridgehead atoms. The second-order valence-corrected chi connectivity index (χ2v) is 7.21. The summed E-state index contributed by atoms with van der Waals surface area (Å²) in [6.07, 6.45) is 1.94. The van der Waals surface area contributed by atoms with Crippen molar-refractivity contribution in [3.63, 3.8) is 0 Å². The van der Waals surface area contributed by atoms with Crippen LogP contribution in [0.1, 0.15) is 26.2 Å². The molecule has 1 fully saturated rings. The zero-order chi connectivity index (χ0) is 14.5. The third-order valence-corrected chi connectivity index (χ3v) is 5.14. The quantitative estimate of drug-likeness (QED) is 0.700. The summed E-state index contributed by atoms with van der Waals surface area (Å²) < 4.78 is 28.1. The summed E-state index contributed by atoms with van der Waals surface area (Å²) in [7, 11) is -1.46. The molecule has 0 aromatic heterocycles. The standard InChI is InChI=1S/C12H24N2O4S/c1-3-4-11(13)12(15)14(6-7-18-2)10-5-8-19(16,17)9-10/h10-11H,3-9,13H2,1-2H3/t10?,11-/m0/s1. The summed E-state index contributed by atoms with van der Waals surface area (Å²) in [6, 6.07) is -0.805. The van der Waals surface area contributed by atoms with Gasteiger partial charge in [-0.1, -0.05) is 13.3 Å². The highest BCUT2D eigenvalue weighted by molar-refractivity contribution is 7.91. The maximum atomic E-state index is 12.3. The Kier molecular flexibility index (Phi) is 6.22. The average molecular weight is 292 g/mol. The van der Waals surface area contributed by atoms with Gasteiger partial charge in [-0.25, -0.2) is 8.42 Å². The van der Waals surface area contributed by atoms with Gasteiger partial charge in [0, 0.05) is 19.7 Å². The smallest absolute Gasteiger partial charge is 0.239 e. The average Bonchev–Trinajstić information content (AvgIpc) is 2.70. The van der Waals surface area contributed by atoms with Gasteiger partial charge < -0.3 is 15.4 Å². The van der Waals surface area contributed by atoms with Crippen molar-refractivity contribution in [3.8, 4) is 0 Å². The van der Waals surface area contributed by atoms with E-state index in [1.807, 2.05) is 6.92 Å². The lowest BCUT2D eigenvalue weighted by Gasteiger charge is -2.30. The Balaban J connectivity index is 2.74. The van der Waals surface area contributed by atoms with Crippen molar-refractivity contribution in [1.29, 1.82) is 0 Å². The van der Waals surface area contributed by atoms with Crippen LogP contribution in [0.3, 0.4) is 0 Å². The van der Waals surface area contributed by atoms with Gasteiger partial charge in [0.05, 0.1) is 24.2 Å². The highest BCUT2D eigenvalue weighted by atomic mass is 32.2. The number of carbonyl (C=O) groups excluding carboxylic acids is 1. The molecule has 1 saturated heterocycles. The molecule has 112 valence electrons. The van der Waals surface area contributed by atoms with Gasteiger partial charge in [-0.05, 0) is 12.8 Å². The summed E-state index contributed by atoms with van der Waals surface area (Å²) in [6.45, 7) is 2.75. The van der Waals surface area contributed by atoms with Crippen LogP contribution in [0.25, 0.3) is 0 Å². The molecule has 2 atom stereocenters. The van der Waals surface area contributed by atoms with Crippen molar-refractivity contribution in [3.05, 3.63) is 0 Å². The lowest BCUT2D eigenvalue weighted by Crippen LogP contribution is -2.50. The van der Waals surface area contributed by atoms with Gasteiger partial charge in [-0.15, -0.1) is 0 Å². The van der Waals surface area contributed by atoms with Crippen LogP contribution in [0.15, 0.2) is 0 Å². The maximum absolute atomic E-state index is 12.3. The molecular formula is C12H24N2O4S. The zero-order valence-corrected chi connectivity index (χ0v) is 12.5. The number of sulfone groups is 1. The molecule has 1 rings (SSSR count). The number of carbonyl (C=O) groups is 1. The molecule has 1 heterocycles. The fourth-order valence-corrected chi connectivity index (χ4v) is 4.06. The SMILES string of the molecule is CCC[C@H](N)C(=O)N(CCOC)C1CCS(=O)(=O)C1. The summed E-state index contributed by atoms with van der Waals surface area (Å²) >= 11 is 0. The van der Waals surface area contributed by atoms with Crippen LogP contribution in [0.4, 0.5) is 0 Å². The van der Waals surface area contributed by atoms with Crippen LogP contribution in [-0.4, -0.2) is 63.1 Å². The van der Waals surface area contributed by atoms with Crippen molar-refractivity contribution in [2.75, 3.05) is 31.8 Å². The molecule has 1 aliphatic heterocycles. The van der Waals surface area contributed by atoms with Crippen LogP contribution >= 0.6 is 0 Å². The van der Waals surface area contributed by atoms with Gasteiger partial charge in [0.1, 0.15) is 0 Å². The molecule has 6 nitrogen and oxygen atoms in total. The number of amides is 1. The second-order valence-electron chi connectivity index (χ2n) is 4.98. The number of nitrogens with two attached hydrogens (primary N) is 1. The summed E-state index contributed by atoms with van der Waals surface area (Å²) in [5.74, 6) is 0.0275. The lowest BCUT2D eigenvalue weighted by atomic mass is 10.1. The number of nitrogens with zero attached hydrogens (tertiary/aromatic N) is 1. The molecule has 1 aliphatic rings. The summed E-state index contributed by atoms with van der Waals surface area (Å²) in [4.78, 5) is 13.9. The van der Waals surface area contributed by atoms with E-state index in [9.17, 15) is 13.2 Å². The molecular weight excluding hydrogens is 268 g/mol. The molecule has 1 amide bonds. The topological polar surface area (TPSA) is 89.7 Å². The van der Waals surface area contributed by atoms with Gasteiger partial charge in [-0.2, -0.15) is 0 Å². The minimum atomic E-state index is -3.01. The highest BCUT2D eigenvalue weighted by Gasteiger charge is 2.35. The first-order valence-electron chi connectivity index (χ1n) is 6.66. The van der Waals surface area contributed by atoms with E-state index >= 15 is 0 Å². The highest BCUT2D eigenvalue weighted by Crippen LogP contribution is 2.19. The van der Waals surface area contributed by atoms with Gasteiger partial charge in [-0.3, -0.25) is 4.79 Å². The van der Waals surface area contributed by atoms with E-state index in [0.717, 1.165) is 6.42 Å². The summed E-state index contributed by atoms with van der Waals surface area (Å²) in [5, 5.41) is 0. The normalized spacial score (nSPS) is 23.2. The van der Waals surface area contributed by atoms with Crippen LogP contribution < -0.4 is 5.73 Å². The van der Waals surface area contributed by atoms with Crippen LogP contribution in [0.2, 0.25) is 0 Å². The molecule has 0 spiro atoms. The molecule has 0 radical (unpaired) electrons. The van der Waals surface area contributed by atoms with E-state index in [1.165, 1.54) is 0 Å². The minimum Gasteiger partial charge on any atom is -0.383 e. The van der Waals surface area contributed by atoms with Crippen LogP contribution in [0, 0.1) is 0 Å². The number of rotatable bonds is 7. The molecule has 0 aromatic carbocycles. The largest absolute Gasteiger partial charge is 0.383 e. The Bertz CT molecular complexity index is 397. The Morgan fingerprint density at radius 1 is 1.53 bits per heavy atom. The van der Waals surface area contributed by atoms with Crippen molar-refractivity contribution in [1.82, 2.24) is 4.90 Å². The molecule has 0 aromatic rings. The van der Waals surface area contributed by atoms with Crippen molar-refractivity contribution >= 4 is 15.7 Å². The number of ether oxygens (including phenoxy) is 1. The number of hydrogen-bond acceptors (Lipinski definition) is 5. The van der Waals surface area contributed by atoms with E-state index in [-0.39, 0.29) is 23.5 Å². The number of hydrogen-bond donors (Lipinski definition) is 1. The van der Waals surface area contributed by atoms with Gasteiger partial charge in [0.25, 0.3) is 0 Å². The van der Waals surface area contributed by atoms with Gasteiger partial charge in [0.15, 0.2) is 9.84 Å². The van der Waals surface area contributed by atoms with Gasteiger partial charge >= 0.3 is 0 Å². The van der Waals surface area contributed by atoms with Crippen LogP contribution in [0.5, 0.6) is 0 Å². The van der Waals surface area contributed by atoms with E-state index < -0.39 is 15.9 Å². The molecule has 0 aliphatic carbocycles. The molecule has 7 heteroatoms. The second kappa shape index (κ2) is 7.21. The van der Waals surface area contributed by atoms with Crippen molar-refractivity contribution in [2.24, 2.45) is 5.73 Å². The van der Waals surface area contributed by atoms with E-state index in [2.05, 4.69) is 0 Å². The van der Waals surface area contributed by atoms with Crippen molar-refractivity contribution < 1.29 is 17.9 Å². The Morgan fingerprint density at radius 2 is 2.21 bits per heavy atom. The third-order valence-electron chi connectivity index (χ3n) is 3.39. The maximum Gasteiger partial charge on any atom is 0.239 e. The molecule has 0 saturated carbocycles. The molecule has 2 N–H and O–H groups in total. The predicted molar refractivity (Wildman–Crippen MR) is 73.5 cm³/mol. The Morgan fingerprint density at radius 3 is 2.68 bits per heavy atom. The fourth-order valence-electron chi connectivity index (χ4n) is 2.33. The monoisotopic (exact) mass is 292 g/mol. The Labute approximate surface area is 115 Å². The zero-order valence-electron chi connectivity index (χ0n) is 11.7. The lowest BCUT2D eigenvalue weighted by molar-refractivity contribution is -0.135. The third kappa shape index (κ3) is 4.74. The first kappa shape index (κ1) is 16.4. The van der Waals surface area contributed by atoms with E-state index in [1.54, 1.807) is 12.0 Å². The predicted octanol–water partition coefficient (Wildman–Crippen LogP) is -0.224.